The first-order chi connectivity index (χ1) is 10.0. The Hall–Kier alpha value is -1.36. The summed E-state index contributed by atoms with van der Waals surface area (Å²) in [7, 11) is 0. The first kappa shape index (κ1) is 16.0. The Bertz CT molecular complexity index is 515. The van der Waals surface area contributed by atoms with Gasteiger partial charge >= 0.3 is 5.97 Å². The van der Waals surface area contributed by atoms with Crippen LogP contribution in [-0.2, 0) is 9.59 Å². The van der Waals surface area contributed by atoms with E-state index in [1.807, 2.05) is 31.2 Å². The van der Waals surface area contributed by atoms with Crippen LogP contribution in [0.5, 0.6) is 0 Å². The topological polar surface area (TPSA) is 66.4 Å². The summed E-state index contributed by atoms with van der Waals surface area (Å²) in [6.07, 6.45) is 2.53. The summed E-state index contributed by atoms with van der Waals surface area (Å²) in [5.74, 6) is -1.34. The first-order valence-corrected chi connectivity index (χ1v) is 8.09. The van der Waals surface area contributed by atoms with Gasteiger partial charge in [0.25, 0.3) is 0 Å². The van der Waals surface area contributed by atoms with Gasteiger partial charge in [0.15, 0.2) is 0 Å². The molecule has 21 heavy (non-hydrogen) atoms. The molecule has 0 heterocycles. The summed E-state index contributed by atoms with van der Waals surface area (Å²) in [6.45, 7) is 2.03. The molecule has 1 aromatic rings. The van der Waals surface area contributed by atoms with Gasteiger partial charge in [-0.3, -0.25) is 9.59 Å². The molecule has 114 valence electrons. The van der Waals surface area contributed by atoms with E-state index in [-0.39, 0.29) is 23.8 Å². The van der Waals surface area contributed by atoms with Crippen molar-refractivity contribution in [1.29, 1.82) is 0 Å². The lowest BCUT2D eigenvalue weighted by molar-refractivity contribution is -0.141. The van der Waals surface area contributed by atoms with E-state index in [1.54, 1.807) is 0 Å². The fourth-order valence-electron chi connectivity index (χ4n) is 2.85. The second-order valence-corrected chi connectivity index (χ2v) is 6.48. The van der Waals surface area contributed by atoms with Gasteiger partial charge in [0.05, 0.1) is 12.0 Å². The molecule has 1 saturated carbocycles. The molecule has 5 heteroatoms. The van der Waals surface area contributed by atoms with Crippen LogP contribution in [0.3, 0.4) is 0 Å². The van der Waals surface area contributed by atoms with Crippen molar-refractivity contribution < 1.29 is 14.7 Å². The Morgan fingerprint density at radius 1 is 1.29 bits per heavy atom. The first-order valence-electron chi connectivity index (χ1n) is 7.30. The molecule has 1 aliphatic carbocycles. The molecule has 0 aromatic heterocycles. The number of amides is 1. The fourth-order valence-corrected chi connectivity index (χ4v) is 3.11. The predicted octanol–water partition coefficient (Wildman–Crippen LogP) is 3.52. The minimum Gasteiger partial charge on any atom is -0.481 e. The molecule has 1 aliphatic rings. The van der Waals surface area contributed by atoms with Crippen LogP contribution in [0, 0.1) is 11.8 Å². The number of hydrogen-bond donors (Lipinski definition) is 2. The molecule has 0 spiro atoms. The quantitative estimate of drug-likeness (QED) is 0.850. The SMILES string of the molecule is CCC(NC(=O)C1CCC(C(=O)O)C1)c1ccc(Br)cc1. The zero-order valence-corrected chi connectivity index (χ0v) is 13.6. The molecule has 0 radical (unpaired) electrons. The molecule has 1 aromatic carbocycles. The third-order valence-electron chi connectivity index (χ3n) is 4.15. The van der Waals surface area contributed by atoms with Crippen LogP contribution in [0.1, 0.15) is 44.2 Å². The maximum absolute atomic E-state index is 12.3. The zero-order valence-electron chi connectivity index (χ0n) is 12.0. The average Bonchev–Trinajstić information content (AvgIpc) is 2.96. The number of benzene rings is 1. The molecule has 4 nitrogen and oxygen atoms in total. The number of nitrogens with one attached hydrogen (secondary N) is 1. The van der Waals surface area contributed by atoms with Crippen LogP contribution in [-0.4, -0.2) is 17.0 Å². The maximum Gasteiger partial charge on any atom is 0.306 e. The summed E-state index contributed by atoms with van der Waals surface area (Å²) >= 11 is 3.40. The van der Waals surface area contributed by atoms with Crippen molar-refractivity contribution in [3.63, 3.8) is 0 Å². The van der Waals surface area contributed by atoms with Crippen molar-refractivity contribution >= 4 is 27.8 Å². The summed E-state index contributed by atoms with van der Waals surface area (Å²) in [5.41, 5.74) is 1.07. The van der Waals surface area contributed by atoms with E-state index >= 15 is 0 Å². The minimum atomic E-state index is -0.787. The molecule has 0 bridgehead atoms. The van der Waals surface area contributed by atoms with E-state index in [0.29, 0.717) is 19.3 Å². The standard InChI is InChI=1S/C16H20BrNO3/c1-2-14(10-5-7-13(17)8-6-10)18-15(19)11-3-4-12(9-11)16(20)21/h5-8,11-12,14H,2-4,9H2,1H3,(H,18,19)(H,20,21). The highest BCUT2D eigenvalue weighted by atomic mass is 79.9. The molecule has 0 aliphatic heterocycles. The van der Waals surface area contributed by atoms with E-state index in [1.165, 1.54) is 0 Å². The van der Waals surface area contributed by atoms with Gasteiger partial charge in [0.1, 0.15) is 0 Å². The Labute approximate surface area is 133 Å². The third-order valence-corrected chi connectivity index (χ3v) is 4.68. The van der Waals surface area contributed by atoms with Crippen molar-refractivity contribution in [2.75, 3.05) is 0 Å². The molecule has 1 amide bonds. The summed E-state index contributed by atoms with van der Waals surface area (Å²) < 4.78 is 1.01. The molecule has 2 N–H and O–H groups in total. The predicted molar refractivity (Wildman–Crippen MR) is 83.8 cm³/mol. The third kappa shape index (κ3) is 4.06. The van der Waals surface area contributed by atoms with Gasteiger partial charge in [-0.1, -0.05) is 35.0 Å². The number of carboxylic acids is 1. The molecule has 2 rings (SSSR count). The second kappa shape index (κ2) is 7.07. The normalized spacial score (nSPS) is 22.8. The average molecular weight is 354 g/mol. The lowest BCUT2D eigenvalue weighted by Gasteiger charge is -2.20. The number of carbonyl (C=O) groups is 2. The molecule has 1 fully saturated rings. The van der Waals surface area contributed by atoms with Crippen LogP contribution >= 0.6 is 15.9 Å². The van der Waals surface area contributed by atoms with Crippen LogP contribution < -0.4 is 5.32 Å². The zero-order chi connectivity index (χ0) is 15.4. The number of carbonyl (C=O) groups excluding carboxylic acids is 1. The van der Waals surface area contributed by atoms with E-state index in [4.69, 9.17) is 5.11 Å². The molecular weight excluding hydrogens is 334 g/mol. The van der Waals surface area contributed by atoms with Gasteiger partial charge < -0.3 is 10.4 Å². The van der Waals surface area contributed by atoms with Crippen molar-refractivity contribution in [2.24, 2.45) is 11.8 Å². The minimum absolute atomic E-state index is 0.0190. The number of halogens is 1. The van der Waals surface area contributed by atoms with Crippen molar-refractivity contribution in [1.82, 2.24) is 5.32 Å². The Morgan fingerprint density at radius 3 is 2.43 bits per heavy atom. The maximum atomic E-state index is 12.3. The summed E-state index contributed by atoms with van der Waals surface area (Å²) in [6, 6.07) is 7.88. The van der Waals surface area contributed by atoms with Gasteiger partial charge in [-0.05, 0) is 43.4 Å². The Balaban J connectivity index is 1.97. The number of aliphatic carboxylic acids is 1. The Morgan fingerprint density at radius 2 is 1.90 bits per heavy atom. The molecule has 3 atom stereocenters. The van der Waals surface area contributed by atoms with Gasteiger partial charge in [-0.25, -0.2) is 0 Å². The van der Waals surface area contributed by atoms with Crippen LogP contribution in [0.15, 0.2) is 28.7 Å². The highest BCUT2D eigenvalue weighted by Crippen LogP contribution is 2.32. The van der Waals surface area contributed by atoms with E-state index in [0.717, 1.165) is 16.5 Å². The van der Waals surface area contributed by atoms with Gasteiger partial charge in [0, 0.05) is 10.4 Å². The lowest BCUT2D eigenvalue weighted by Crippen LogP contribution is -2.33. The second-order valence-electron chi connectivity index (χ2n) is 5.57. The van der Waals surface area contributed by atoms with E-state index in [2.05, 4.69) is 21.2 Å². The molecule has 3 unspecified atom stereocenters. The summed E-state index contributed by atoms with van der Waals surface area (Å²) in [4.78, 5) is 23.3. The smallest absolute Gasteiger partial charge is 0.306 e. The van der Waals surface area contributed by atoms with E-state index in [9.17, 15) is 9.59 Å². The fraction of sp³-hybridized carbons (Fsp3) is 0.500. The van der Waals surface area contributed by atoms with Crippen molar-refractivity contribution in [2.45, 2.75) is 38.6 Å². The summed E-state index contributed by atoms with van der Waals surface area (Å²) in [5, 5.41) is 12.1. The van der Waals surface area contributed by atoms with Crippen molar-refractivity contribution in [3.8, 4) is 0 Å². The largest absolute Gasteiger partial charge is 0.481 e. The molecule has 0 saturated heterocycles. The number of rotatable bonds is 5. The van der Waals surface area contributed by atoms with Crippen LogP contribution in [0.2, 0.25) is 0 Å². The van der Waals surface area contributed by atoms with Gasteiger partial charge in [-0.15, -0.1) is 0 Å². The van der Waals surface area contributed by atoms with Crippen LogP contribution in [0.25, 0.3) is 0 Å². The highest BCUT2D eigenvalue weighted by molar-refractivity contribution is 9.10. The Kier molecular flexibility index (Phi) is 5.39. The molecular formula is C16H20BrNO3. The monoisotopic (exact) mass is 353 g/mol. The lowest BCUT2D eigenvalue weighted by atomic mass is 10.0. The van der Waals surface area contributed by atoms with Gasteiger partial charge in [-0.2, -0.15) is 0 Å². The van der Waals surface area contributed by atoms with Gasteiger partial charge in [0.2, 0.25) is 5.91 Å². The van der Waals surface area contributed by atoms with Crippen LogP contribution in [0.4, 0.5) is 0 Å². The van der Waals surface area contributed by atoms with E-state index < -0.39 is 5.97 Å². The number of carboxylic acid groups (broad SMARTS) is 1. The highest BCUT2D eigenvalue weighted by Gasteiger charge is 2.34. The number of hydrogen-bond acceptors (Lipinski definition) is 2. The van der Waals surface area contributed by atoms with Crippen molar-refractivity contribution in [3.05, 3.63) is 34.3 Å².